The highest BCUT2D eigenvalue weighted by Crippen LogP contribution is 2.12. The van der Waals surface area contributed by atoms with Gasteiger partial charge in [-0.15, -0.1) is 5.10 Å². The van der Waals surface area contributed by atoms with E-state index in [2.05, 4.69) is 15.3 Å². The summed E-state index contributed by atoms with van der Waals surface area (Å²) >= 11 is 0. The van der Waals surface area contributed by atoms with E-state index in [9.17, 15) is 4.79 Å². The van der Waals surface area contributed by atoms with Crippen LogP contribution in [0.2, 0.25) is 0 Å². The normalized spacial score (nSPS) is 10.6. The molecule has 0 atom stereocenters. The van der Waals surface area contributed by atoms with Crippen LogP contribution in [0.25, 0.3) is 5.69 Å². The number of imidazole rings is 1. The summed E-state index contributed by atoms with van der Waals surface area (Å²) in [5.41, 5.74) is 1.56. The Morgan fingerprint density at radius 2 is 2.00 bits per heavy atom. The molecule has 3 rings (SSSR count). The van der Waals surface area contributed by atoms with Crippen LogP contribution in [0.5, 0.6) is 0 Å². The molecule has 0 radical (unpaired) electrons. The largest absolute Gasteiger partial charge is 0.340 e. The predicted octanol–water partition coefficient (Wildman–Crippen LogP) is 1.23. The first-order valence-corrected chi connectivity index (χ1v) is 5.74. The molecule has 0 aliphatic heterocycles. The standard InChI is InChI=1S/C13H11N5O/c1-17-8-11(14-9-17)13(19)12-7-15-16-18(12)10-5-3-2-4-6-10/h2-9H,1H3. The minimum atomic E-state index is -0.200. The Hall–Kier alpha value is -2.76. The number of benzene rings is 1. The van der Waals surface area contributed by atoms with Gasteiger partial charge in [0.15, 0.2) is 0 Å². The molecule has 0 aliphatic rings. The van der Waals surface area contributed by atoms with Crippen LogP contribution >= 0.6 is 0 Å². The molecule has 1 aromatic carbocycles. The maximum Gasteiger partial charge on any atom is 0.233 e. The number of hydrogen-bond donors (Lipinski definition) is 0. The summed E-state index contributed by atoms with van der Waals surface area (Å²) in [6.45, 7) is 0. The molecule has 19 heavy (non-hydrogen) atoms. The summed E-state index contributed by atoms with van der Waals surface area (Å²) < 4.78 is 3.24. The molecule has 0 amide bonds. The number of aromatic nitrogens is 5. The molecule has 0 fully saturated rings. The lowest BCUT2D eigenvalue weighted by molar-refractivity contribution is 0.102. The number of ketones is 1. The Balaban J connectivity index is 2.03. The molecule has 6 heteroatoms. The third-order valence-electron chi connectivity index (χ3n) is 2.72. The van der Waals surface area contributed by atoms with E-state index in [0.29, 0.717) is 11.4 Å². The van der Waals surface area contributed by atoms with Crippen molar-refractivity contribution in [1.29, 1.82) is 0 Å². The summed E-state index contributed by atoms with van der Waals surface area (Å²) in [5.74, 6) is -0.200. The van der Waals surface area contributed by atoms with Gasteiger partial charge in [0.2, 0.25) is 5.78 Å². The quantitative estimate of drug-likeness (QED) is 0.658. The fourth-order valence-corrected chi connectivity index (χ4v) is 1.81. The predicted molar refractivity (Wildman–Crippen MR) is 68.0 cm³/mol. The third-order valence-corrected chi connectivity index (χ3v) is 2.72. The zero-order valence-corrected chi connectivity index (χ0v) is 10.3. The highest BCUT2D eigenvalue weighted by Gasteiger charge is 2.18. The summed E-state index contributed by atoms with van der Waals surface area (Å²) in [7, 11) is 1.82. The molecule has 0 saturated heterocycles. The number of para-hydroxylation sites is 1. The van der Waals surface area contributed by atoms with Crippen molar-refractivity contribution in [2.45, 2.75) is 0 Å². The Labute approximate surface area is 109 Å². The van der Waals surface area contributed by atoms with Crippen LogP contribution in [0.3, 0.4) is 0 Å². The number of rotatable bonds is 3. The van der Waals surface area contributed by atoms with Crippen molar-refractivity contribution in [2.75, 3.05) is 0 Å². The van der Waals surface area contributed by atoms with Crippen molar-refractivity contribution in [2.24, 2.45) is 7.05 Å². The van der Waals surface area contributed by atoms with E-state index in [1.165, 1.54) is 10.9 Å². The van der Waals surface area contributed by atoms with Gasteiger partial charge in [0.1, 0.15) is 11.4 Å². The first-order valence-electron chi connectivity index (χ1n) is 5.74. The van der Waals surface area contributed by atoms with Crippen molar-refractivity contribution in [1.82, 2.24) is 24.5 Å². The molecular weight excluding hydrogens is 242 g/mol. The monoisotopic (exact) mass is 253 g/mol. The SMILES string of the molecule is Cn1cnc(C(=O)c2cnnn2-c2ccccc2)c1. The van der Waals surface area contributed by atoms with Gasteiger partial charge in [-0.3, -0.25) is 4.79 Å². The minimum absolute atomic E-state index is 0.200. The van der Waals surface area contributed by atoms with Crippen LogP contribution in [0.1, 0.15) is 16.2 Å². The van der Waals surface area contributed by atoms with E-state index in [1.54, 1.807) is 17.1 Å². The van der Waals surface area contributed by atoms with Crippen molar-refractivity contribution < 1.29 is 4.79 Å². The zero-order valence-electron chi connectivity index (χ0n) is 10.3. The van der Waals surface area contributed by atoms with E-state index < -0.39 is 0 Å². The second kappa shape index (κ2) is 4.49. The topological polar surface area (TPSA) is 65.6 Å². The molecule has 0 N–H and O–H groups in total. The summed E-state index contributed by atoms with van der Waals surface area (Å²) in [6, 6.07) is 9.40. The first-order chi connectivity index (χ1) is 9.25. The van der Waals surface area contributed by atoms with Gasteiger partial charge in [-0.05, 0) is 12.1 Å². The van der Waals surface area contributed by atoms with E-state index in [1.807, 2.05) is 37.4 Å². The molecule has 6 nitrogen and oxygen atoms in total. The third kappa shape index (κ3) is 2.03. The van der Waals surface area contributed by atoms with Crippen LogP contribution in [-0.4, -0.2) is 30.3 Å². The summed E-state index contributed by atoms with van der Waals surface area (Å²) in [6.07, 6.45) is 4.71. The van der Waals surface area contributed by atoms with Crippen LogP contribution in [-0.2, 0) is 7.05 Å². The highest BCUT2D eigenvalue weighted by atomic mass is 16.1. The van der Waals surface area contributed by atoms with Gasteiger partial charge in [-0.2, -0.15) is 0 Å². The van der Waals surface area contributed by atoms with Gasteiger partial charge >= 0.3 is 0 Å². The molecule has 2 aromatic heterocycles. The van der Waals surface area contributed by atoms with Crippen LogP contribution < -0.4 is 0 Å². The lowest BCUT2D eigenvalue weighted by Crippen LogP contribution is -2.10. The fourth-order valence-electron chi connectivity index (χ4n) is 1.81. The molecule has 0 aliphatic carbocycles. The van der Waals surface area contributed by atoms with Crippen LogP contribution in [0.4, 0.5) is 0 Å². The van der Waals surface area contributed by atoms with E-state index in [0.717, 1.165) is 5.69 Å². The van der Waals surface area contributed by atoms with E-state index in [-0.39, 0.29) is 5.78 Å². The number of carbonyl (C=O) groups is 1. The Kier molecular flexibility index (Phi) is 2.68. The molecule has 0 saturated carbocycles. The molecular formula is C13H11N5O. The zero-order chi connectivity index (χ0) is 13.2. The van der Waals surface area contributed by atoms with Crippen molar-refractivity contribution in [3.63, 3.8) is 0 Å². The molecule has 94 valence electrons. The average molecular weight is 253 g/mol. The van der Waals surface area contributed by atoms with Gasteiger partial charge in [-0.25, -0.2) is 9.67 Å². The van der Waals surface area contributed by atoms with Crippen LogP contribution in [0.15, 0.2) is 49.1 Å². The molecule has 3 aromatic rings. The maximum absolute atomic E-state index is 12.3. The molecule has 0 unspecified atom stereocenters. The molecule has 0 spiro atoms. The minimum Gasteiger partial charge on any atom is -0.340 e. The Morgan fingerprint density at radius 1 is 1.21 bits per heavy atom. The van der Waals surface area contributed by atoms with E-state index in [4.69, 9.17) is 0 Å². The Morgan fingerprint density at radius 3 is 2.68 bits per heavy atom. The smallest absolute Gasteiger partial charge is 0.233 e. The molecule has 0 bridgehead atoms. The van der Waals surface area contributed by atoms with Crippen molar-refractivity contribution >= 4 is 5.78 Å². The van der Waals surface area contributed by atoms with Gasteiger partial charge in [-0.1, -0.05) is 23.4 Å². The number of aryl methyl sites for hydroxylation is 1. The lowest BCUT2D eigenvalue weighted by Gasteiger charge is -2.03. The average Bonchev–Trinajstić information content (AvgIpc) is 3.07. The van der Waals surface area contributed by atoms with Crippen molar-refractivity contribution in [3.05, 3.63) is 60.4 Å². The van der Waals surface area contributed by atoms with Crippen molar-refractivity contribution in [3.8, 4) is 5.69 Å². The van der Waals surface area contributed by atoms with Gasteiger partial charge in [0.05, 0.1) is 18.2 Å². The van der Waals surface area contributed by atoms with Gasteiger partial charge < -0.3 is 4.57 Å². The second-order valence-electron chi connectivity index (χ2n) is 4.12. The Bertz CT molecular complexity index is 713. The van der Waals surface area contributed by atoms with Gasteiger partial charge in [0.25, 0.3) is 0 Å². The summed E-state index contributed by atoms with van der Waals surface area (Å²) in [5, 5.41) is 7.76. The highest BCUT2D eigenvalue weighted by molar-refractivity contribution is 6.06. The molecule has 2 heterocycles. The number of nitrogens with zero attached hydrogens (tertiary/aromatic N) is 5. The maximum atomic E-state index is 12.3. The first kappa shape index (κ1) is 11.3. The number of hydrogen-bond acceptors (Lipinski definition) is 4. The van der Waals surface area contributed by atoms with Gasteiger partial charge in [0, 0.05) is 13.2 Å². The number of carbonyl (C=O) groups excluding carboxylic acids is 1. The van der Waals surface area contributed by atoms with E-state index >= 15 is 0 Å². The fraction of sp³-hybridized carbons (Fsp3) is 0.0769. The second-order valence-corrected chi connectivity index (χ2v) is 4.12. The lowest BCUT2D eigenvalue weighted by atomic mass is 10.2. The summed E-state index contributed by atoms with van der Waals surface area (Å²) in [4.78, 5) is 16.4. The van der Waals surface area contributed by atoms with Crippen LogP contribution in [0, 0.1) is 0 Å².